The van der Waals surface area contributed by atoms with E-state index < -0.39 is 5.97 Å². The zero-order chi connectivity index (χ0) is 21.1. The van der Waals surface area contributed by atoms with Gasteiger partial charge in [0.25, 0.3) is 0 Å². The van der Waals surface area contributed by atoms with Crippen LogP contribution in [-0.4, -0.2) is 20.7 Å². The second-order valence-corrected chi connectivity index (χ2v) is 7.13. The second kappa shape index (κ2) is 8.22. The standard InChI is InChI=1S/C25H21N3O2/c1-2-20-11-13-22-24(19-10-6-7-17(15-19)16-26)21(12-14-23(29)30)25(27-28(20)22)18-8-4-3-5-9-18/h3-11,13,15H,2,12,14H2,1H3,(H,29,30). The number of carbonyl (C=O) groups is 1. The summed E-state index contributed by atoms with van der Waals surface area (Å²) in [6, 6.07) is 23.6. The van der Waals surface area contributed by atoms with Crippen molar-refractivity contribution in [1.82, 2.24) is 9.61 Å². The first kappa shape index (κ1) is 19.4. The van der Waals surface area contributed by atoms with E-state index in [1.807, 2.05) is 59.1 Å². The number of aryl methyl sites for hydroxylation is 1. The van der Waals surface area contributed by atoms with Crippen molar-refractivity contribution >= 4 is 11.5 Å². The normalized spacial score (nSPS) is 10.8. The highest BCUT2D eigenvalue weighted by molar-refractivity contribution is 5.88. The molecule has 0 amide bonds. The lowest BCUT2D eigenvalue weighted by Gasteiger charge is -2.17. The quantitative estimate of drug-likeness (QED) is 0.491. The van der Waals surface area contributed by atoms with Gasteiger partial charge in [-0.15, -0.1) is 0 Å². The Morgan fingerprint density at radius 1 is 1.07 bits per heavy atom. The van der Waals surface area contributed by atoms with Crippen molar-refractivity contribution in [3.8, 4) is 28.5 Å². The Kier molecular flexibility index (Phi) is 5.32. The van der Waals surface area contributed by atoms with Crippen molar-refractivity contribution < 1.29 is 9.90 Å². The molecule has 5 nitrogen and oxygen atoms in total. The molecule has 4 rings (SSSR count). The summed E-state index contributed by atoms with van der Waals surface area (Å²) in [5, 5.41) is 23.7. The maximum Gasteiger partial charge on any atom is 0.303 e. The van der Waals surface area contributed by atoms with Crippen LogP contribution in [0.3, 0.4) is 0 Å². The van der Waals surface area contributed by atoms with Gasteiger partial charge in [-0.3, -0.25) is 4.79 Å². The van der Waals surface area contributed by atoms with Crippen molar-refractivity contribution in [2.45, 2.75) is 26.2 Å². The number of aliphatic carboxylic acids is 1. The van der Waals surface area contributed by atoms with Crippen molar-refractivity contribution in [3.05, 3.63) is 83.6 Å². The van der Waals surface area contributed by atoms with Gasteiger partial charge in [0.15, 0.2) is 0 Å². The molecule has 0 atom stereocenters. The molecule has 5 heteroatoms. The maximum atomic E-state index is 11.4. The topological polar surface area (TPSA) is 78.4 Å². The van der Waals surface area contributed by atoms with Gasteiger partial charge in [0.1, 0.15) is 0 Å². The van der Waals surface area contributed by atoms with Gasteiger partial charge in [-0.05, 0) is 48.2 Å². The lowest BCUT2D eigenvalue weighted by molar-refractivity contribution is -0.136. The van der Waals surface area contributed by atoms with Crippen LogP contribution in [0.25, 0.3) is 27.9 Å². The van der Waals surface area contributed by atoms with Crippen LogP contribution in [0, 0.1) is 11.3 Å². The van der Waals surface area contributed by atoms with E-state index in [-0.39, 0.29) is 6.42 Å². The summed E-state index contributed by atoms with van der Waals surface area (Å²) in [7, 11) is 0. The summed E-state index contributed by atoms with van der Waals surface area (Å²) in [5.74, 6) is -0.852. The molecule has 0 aliphatic carbocycles. The fraction of sp³-hybridized carbons (Fsp3) is 0.160. The summed E-state index contributed by atoms with van der Waals surface area (Å²) in [4.78, 5) is 11.4. The third kappa shape index (κ3) is 3.56. The Labute approximate surface area is 174 Å². The Morgan fingerprint density at radius 2 is 1.83 bits per heavy atom. The summed E-state index contributed by atoms with van der Waals surface area (Å²) >= 11 is 0. The SMILES string of the molecule is CCc1ccc2c(-c3cccc(C#N)c3)c(CCC(=O)O)c(-c3ccccc3)nn12. The Morgan fingerprint density at radius 3 is 2.53 bits per heavy atom. The van der Waals surface area contributed by atoms with Crippen LogP contribution in [0.15, 0.2) is 66.7 Å². The molecule has 0 bridgehead atoms. The molecule has 0 radical (unpaired) electrons. The first-order valence-electron chi connectivity index (χ1n) is 9.93. The Balaban J connectivity index is 2.10. The molecule has 0 saturated carbocycles. The van der Waals surface area contributed by atoms with Gasteiger partial charge in [-0.25, -0.2) is 4.52 Å². The first-order valence-corrected chi connectivity index (χ1v) is 9.93. The monoisotopic (exact) mass is 395 g/mol. The molecule has 2 aromatic heterocycles. The number of hydrogen-bond acceptors (Lipinski definition) is 3. The highest BCUT2D eigenvalue weighted by Crippen LogP contribution is 2.36. The molecule has 0 spiro atoms. The minimum atomic E-state index is -0.852. The van der Waals surface area contributed by atoms with Gasteiger partial charge in [0.2, 0.25) is 0 Å². The number of carboxylic acids is 1. The average Bonchev–Trinajstić information content (AvgIpc) is 3.20. The predicted molar refractivity (Wildman–Crippen MR) is 116 cm³/mol. The van der Waals surface area contributed by atoms with E-state index in [9.17, 15) is 15.2 Å². The van der Waals surface area contributed by atoms with E-state index in [0.29, 0.717) is 12.0 Å². The molecule has 0 saturated heterocycles. The fourth-order valence-electron chi connectivity index (χ4n) is 3.85. The van der Waals surface area contributed by atoms with E-state index in [2.05, 4.69) is 19.1 Å². The van der Waals surface area contributed by atoms with E-state index in [1.165, 1.54) is 0 Å². The van der Waals surface area contributed by atoms with E-state index >= 15 is 0 Å². The van der Waals surface area contributed by atoms with E-state index in [4.69, 9.17) is 5.10 Å². The maximum absolute atomic E-state index is 11.4. The molecule has 30 heavy (non-hydrogen) atoms. The molecule has 2 heterocycles. The number of benzene rings is 2. The lowest BCUT2D eigenvalue weighted by atomic mass is 9.92. The minimum Gasteiger partial charge on any atom is -0.481 e. The third-order valence-electron chi connectivity index (χ3n) is 5.26. The molecule has 0 aliphatic heterocycles. The van der Waals surface area contributed by atoms with Crippen LogP contribution >= 0.6 is 0 Å². The molecular formula is C25H21N3O2. The number of carboxylic acid groups (broad SMARTS) is 1. The molecular weight excluding hydrogens is 374 g/mol. The zero-order valence-corrected chi connectivity index (χ0v) is 16.7. The number of rotatable bonds is 6. The van der Waals surface area contributed by atoms with E-state index in [0.717, 1.165) is 45.6 Å². The summed E-state index contributed by atoms with van der Waals surface area (Å²) < 4.78 is 1.95. The number of nitriles is 1. The molecule has 2 aromatic carbocycles. The van der Waals surface area contributed by atoms with Crippen molar-refractivity contribution in [3.63, 3.8) is 0 Å². The van der Waals surface area contributed by atoms with Crippen LogP contribution in [0.1, 0.15) is 30.2 Å². The second-order valence-electron chi connectivity index (χ2n) is 7.13. The molecule has 4 aromatic rings. The number of aromatic nitrogens is 2. The molecule has 0 fully saturated rings. The Bertz CT molecular complexity index is 1270. The van der Waals surface area contributed by atoms with E-state index in [1.54, 1.807) is 6.07 Å². The van der Waals surface area contributed by atoms with Gasteiger partial charge in [-0.1, -0.05) is 49.4 Å². The summed E-state index contributed by atoms with van der Waals surface area (Å²) in [6.45, 7) is 2.08. The molecule has 1 N–H and O–H groups in total. The average molecular weight is 395 g/mol. The molecule has 0 unspecified atom stereocenters. The number of hydrogen-bond donors (Lipinski definition) is 1. The summed E-state index contributed by atoms with van der Waals surface area (Å²) in [5.41, 5.74) is 6.97. The number of fused-ring (bicyclic) bond motifs is 1. The summed E-state index contributed by atoms with van der Waals surface area (Å²) in [6.07, 6.45) is 1.17. The van der Waals surface area contributed by atoms with Gasteiger partial charge in [0, 0.05) is 23.2 Å². The highest BCUT2D eigenvalue weighted by Gasteiger charge is 2.20. The lowest BCUT2D eigenvalue weighted by Crippen LogP contribution is -2.08. The van der Waals surface area contributed by atoms with Crippen molar-refractivity contribution in [1.29, 1.82) is 5.26 Å². The van der Waals surface area contributed by atoms with Crippen LogP contribution in [0.2, 0.25) is 0 Å². The van der Waals surface area contributed by atoms with Gasteiger partial charge < -0.3 is 5.11 Å². The van der Waals surface area contributed by atoms with Crippen molar-refractivity contribution in [2.75, 3.05) is 0 Å². The van der Waals surface area contributed by atoms with Crippen LogP contribution in [0.5, 0.6) is 0 Å². The molecule has 0 aliphatic rings. The zero-order valence-electron chi connectivity index (χ0n) is 16.7. The van der Waals surface area contributed by atoms with Crippen molar-refractivity contribution in [2.24, 2.45) is 0 Å². The largest absolute Gasteiger partial charge is 0.481 e. The minimum absolute atomic E-state index is 0.00394. The van der Waals surface area contributed by atoms with Crippen LogP contribution < -0.4 is 0 Å². The number of nitrogens with zero attached hydrogens (tertiary/aromatic N) is 3. The highest BCUT2D eigenvalue weighted by atomic mass is 16.4. The van der Waals surface area contributed by atoms with Gasteiger partial charge in [-0.2, -0.15) is 10.4 Å². The predicted octanol–water partition coefficient (Wildman–Crippen LogP) is 5.12. The first-order chi connectivity index (χ1) is 14.6. The van der Waals surface area contributed by atoms with Gasteiger partial charge in [0.05, 0.1) is 22.8 Å². The molecule has 148 valence electrons. The Hall–Kier alpha value is -3.91. The smallest absolute Gasteiger partial charge is 0.303 e. The van der Waals surface area contributed by atoms with Crippen LogP contribution in [-0.2, 0) is 17.6 Å². The van der Waals surface area contributed by atoms with Crippen LogP contribution in [0.4, 0.5) is 0 Å². The van der Waals surface area contributed by atoms with Gasteiger partial charge >= 0.3 is 5.97 Å². The fourth-order valence-corrected chi connectivity index (χ4v) is 3.85. The third-order valence-corrected chi connectivity index (χ3v) is 5.26.